The number of carbonyl (C=O) groups is 1. The molecule has 0 aliphatic carbocycles. The van der Waals surface area contributed by atoms with E-state index in [-0.39, 0.29) is 12.6 Å². The molecule has 0 aromatic heterocycles. The minimum atomic E-state index is -0.462. The quantitative estimate of drug-likeness (QED) is 0.771. The number of ether oxygens (including phenoxy) is 2. The zero-order chi connectivity index (χ0) is 14.3. The van der Waals surface area contributed by atoms with Gasteiger partial charge in [0.15, 0.2) is 0 Å². The highest BCUT2D eigenvalue weighted by Gasteiger charge is 2.08. The molecule has 4 heteroatoms. The maximum Gasteiger partial charge on any atom is 0.338 e. The smallest absolute Gasteiger partial charge is 0.338 e. The van der Waals surface area contributed by atoms with E-state index in [1.54, 1.807) is 24.3 Å². The second-order valence-electron chi connectivity index (χ2n) is 4.89. The van der Waals surface area contributed by atoms with Gasteiger partial charge < -0.3 is 14.6 Å². The molecule has 1 unspecified atom stereocenters. The van der Waals surface area contributed by atoms with Crippen LogP contribution in [0.3, 0.4) is 0 Å². The number of benzene rings is 1. The Morgan fingerprint density at radius 2 is 1.84 bits per heavy atom. The minimum Gasteiger partial charge on any atom is -0.491 e. The molecule has 0 aliphatic rings. The second kappa shape index (κ2) is 7.79. The molecule has 1 aromatic carbocycles. The van der Waals surface area contributed by atoms with Gasteiger partial charge in [-0.3, -0.25) is 0 Å². The van der Waals surface area contributed by atoms with E-state index >= 15 is 0 Å². The van der Waals surface area contributed by atoms with Gasteiger partial charge in [0.1, 0.15) is 12.4 Å². The fourth-order valence-electron chi connectivity index (χ4n) is 1.32. The van der Waals surface area contributed by atoms with Gasteiger partial charge in [0, 0.05) is 0 Å². The molecule has 0 saturated carbocycles. The number of aliphatic hydroxyl groups is 1. The van der Waals surface area contributed by atoms with Crippen molar-refractivity contribution < 1.29 is 19.4 Å². The average molecular weight is 266 g/mol. The first kappa shape index (κ1) is 15.5. The van der Waals surface area contributed by atoms with Crippen LogP contribution < -0.4 is 4.74 Å². The average Bonchev–Trinajstić information content (AvgIpc) is 2.42. The predicted molar refractivity (Wildman–Crippen MR) is 73.4 cm³/mol. The molecule has 1 aromatic rings. The molecule has 0 radical (unpaired) electrons. The van der Waals surface area contributed by atoms with E-state index in [4.69, 9.17) is 9.47 Å². The molecule has 1 rings (SSSR count). The summed E-state index contributed by atoms with van der Waals surface area (Å²) in [5, 5.41) is 9.38. The van der Waals surface area contributed by atoms with Crippen molar-refractivity contribution in [3.8, 4) is 5.75 Å². The highest BCUT2D eigenvalue weighted by Crippen LogP contribution is 2.14. The summed E-state index contributed by atoms with van der Waals surface area (Å²) in [5.41, 5.74) is 0.504. The predicted octanol–water partition coefficient (Wildman–Crippen LogP) is 2.65. The van der Waals surface area contributed by atoms with Crippen molar-refractivity contribution in [2.24, 2.45) is 5.92 Å². The highest BCUT2D eigenvalue weighted by molar-refractivity contribution is 5.89. The zero-order valence-electron chi connectivity index (χ0n) is 11.8. The van der Waals surface area contributed by atoms with Gasteiger partial charge in [-0.25, -0.2) is 4.79 Å². The largest absolute Gasteiger partial charge is 0.491 e. The van der Waals surface area contributed by atoms with Crippen molar-refractivity contribution in [3.63, 3.8) is 0 Å². The molecule has 0 heterocycles. The van der Waals surface area contributed by atoms with Gasteiger partial charge in [0.2, 0.25) is 0 Å². The normalized spacial score (nSPS) is 12.3. The number of aliphatic hydroxyl groups excluding tert-OH is 1. The Labute approximate surface area is 114 Å². The molecule has 1 N–H and O–H groups in total. The molecule has 0 aliphatic heterocycles. The van der Waals surface area contributed by atoms with Crippen molar-refractivity contribution in [3.05, 3.63) is 29.8 Å². The van der Waals surface area contributed by atoms with Crippen LogP contribution >= 0.6 is 0 Å². The molecule has 0 spiro atoms. The minimum absolute atomic E-state index is 0.258. The number of carbonyl (C=O) groups excluding carboxylic acids is 1. The Hall–Kier alpha value is -1.55. The van der Waals surface area contributed by atoms with Crippen molar-refractivity contribution in [1.29, 1.82) is 0 Å². The fraction of sp³-hybridized carbons (Fsp3) is 0.533. The maximum absolute atomic E-state index is 11.7. The highest BCUT2D eigenvalue weighted by atomic mass is 16.5. The Kier molecular flexibility index (Phi) is 6.36. The third kappa shape index (κ3) is 5.75. The number of hydrogen-bond donors (Lipinski definition) is 1. The summed E-state index contributed by atoms with van der Waals surface area (Å²) in [6.07, 6.45) is 0.190. The summed E-state index contributed by atoms with van der Waals surface area (Å²) in [6, 6.07) is 6.73. The lowest BCUT2D eigenvalue weighted by Crippen LogP contribution is -2.16. The lowest BCUT2D eigenvalue weighted by Gasteiger charge is -2.11. The molecule has 0 amide bonds. The van der Waals surface area contributed by atoms with Crippen molar-refractivity contribution >= 4 is 5.97 Å². The Balaban J connectivity index is 2.49. The summed E-state index contributed by atoms with van der Waals surface area (Å²) in [4.78, 5) is 11.7. The Morgan fingerprint density at radius 1 is 1.21 bits per heavy atom. The molecule has 0 bridgehead atoms. The molecule has 19 heavy (non-hydrogen) atoms. The SMILES string of the molecule is CCC(O)COc1ccc(C(=O)OCC(C)C)cc1. The van der Waals surface area contributed by atoms with E-state index in [0.717, 1.165) is 0 Å². The van der Waals surface area contributed by atoms with Crippen LogP contribution in [0, 0.1) is 5.92 Å². The van der Waals surface area contributed by atoms with Crippen LogP contribution in [0.1, 0.15) is 37.6 Å². The Morgan fingerprint density at radius 3 is 2.37 bits per heavy atom. The molecule has 0 fully saturated rings. The van der Waals surface area contributed by atoms with Crippen LogP contribution in [0.2, 0.25) is 0 Å². The van der Waals surface area contributed by atoms with Gasteiger partial charge in [-0.1, -0.05) is 20.8 Å². The third-order valence-electron chi connectivity index (χ3n) is 2.55. The van der Waals surface area contributed by atoms with Gasteiger partial charge in [0.05, 0.1) is 18.3 Å². The monoisotopic (exact) mass is 266 g/mol. The maximum atomic E-state index is 11.7. The first-order valence-electron chi connectivity index (χ1n) is 6.61. The lowest BCUT2D eigenvalue weighted by molar-refractivity contribution is 0.0458. The number of rotatable bonds is 7. The van der Waals surface area contributed by atoms with E-state index in [0.29, 0.717) is 30.3 Å². The van der Waals surface area contributed by atoms with Crippen LogP contribution in [-0.4, -0.2) is 30.4 Å². The summed E-state index contributed by atoms with van der Waals surface area (Å²) in [6.45, 7) is 6.54. The van der Waals surface area contributed by atoms with Crippen molar-refractivity contribution in [2.75, 3.05) is 13.2 Å². The zero-order valence-corrected chi connectivity index (χ0v) is 11.8. The van der Waals surface area contributed by atoms with Crippen LogP contribution in [-0.2, 0) is 4.74 Å². The van der Waals surface area contributed by atoms with Crippen LogP contribution in [0.25, 0.3) is 0 Å². The topological polar surface area (TPSA) is 55.8 Å². The molecular formula is C15H22O4. The first-order chi connectivity index (χ1) is 9.02. The summed E-state index contributed by atoms with van der Waals surface area (Å²) in [7, 11) is 0. The molecular weight excluding hydrogens is 244 g/mol. The molecule has 106 valence electrons. The van der Waals surface area contributed by atoms with Crippen LogP contribution in [0.5, 0.6) is 5.75 Å². The number of hydrogen-bond acceptors (Lipinski definition) is 4. The Bertz CT molecular complexity index is 384. The van der Waals surface area contributed by atoms with Gasteiger partial charge in [0.25, 0.3) is 0 Å². The van der Waals surface area contributed by atoms with E-state index in [1.165, 1.54) is 0 Å². The van der Waals surface area contributed by atoms with Crippen molar-refractivity contribution in [1.82, 2.24) is 0 Å². The molecule has 4 nitrogen and oxygen atoms in total. The lowest BCUT2D eigenvalue weighted by atomic mass is 10.2. The van der Waals surface area contributed by atoms with E-state index in [2.05, 4.69) is 0 Å². The standard InChI is InChI=1S/C15H22O4/c1-4-13(16)10-18-14-7-5-12(6-8-14)15(17)19-9-11(2)3/h5-8,11,13,16H,4,9-10H2,1-3H3. The van der Waals surface area contributed by atoms with E-state index < -0.39 is 6.10 Å². The fourth-order valence-corrected chi connectivity index (χ4v) is 1.32. The first-order valence-corrected chi connectivity index (χ1v) is 6.61. The molecule has 0 saturated heterocycles. The van der Waals surface area contributed by atoms with E-state index in [9.17, 15) is 9.90 Å². The van der Waals surface area contributed by atoms with Crippen molar-refractivity contribution in [2.45, 2.75) is 33.3 Å². The van der Waals surface area contributed by atoms with Gasteiger partial charge in [-0.2, -0.15) is 0 Å². The molecule has 1 atom stereocenters. The van der Waals surface area contributed by atoms with Crippen LogP contribution in [0.4, 0.5) is 0 Å². The number of esters is 1. The summed E-state index contributed by atoms with van der Waals surface area (Å²) >= 11 is 0. The van der Waals surface area contributed by atoms with Gasteiger partial charge in [-0.15, -0.1) is 0 Å². The second-order valence-corrected chi connectivity index (χ2v) is 4.89. The van der Waals surface area contributed by atoms with Crippen LogP contribution in [0.15, 0.2) is 24.3 Å². The summed E-state index contributed by atoms with van der Waals surface area (Å²) in [5.74, 6) is 0.629. The van der Waals surface area contributed by atoms with Gasteiger partial charge in [-0.05, 0) is 36.6 Å². The van der Waals surface area contributed by atoms with Gasteiger partial charge >= 0.3 is 5.97 Å². The third-order valence-corrected chi connectivity index (χ3v) is 2.55. The van der Waals surface area contributed by atoms with E-state index in [1.807, 2.05) is 20.8 Å². The summed E-state index contributed by atoms with van der Waals surface area (Å²) < 4.78 is 10.5.